The molecule has 1 aromatic carbocycles. The van der Waals surface area contributed by atoms with Gasteiger partial charge < -0.3 is 27.0 Å². The highest BCUT2D eigenvalue weighted by Gasteiger charge is 2.38. The number of para-hydroxylation sites is 1. The summed E-state index contributed by atoms with van der Waals surface area (Å²) in [5.74, 6) is -0.298. The number of anilines is 2. The molecule has 1 atom stereocenters. The number of aromatic nitrogens is 3. The third kappa shape index (κ3) is 5.11. The number of hydrogen-bond acceptors (Lipinski definition) is 9. The average Bonchev–Trinajstić information content (AvgIpc) is 3.69. The fourth-order valence-electron chi connectivity index (χ4n) is 6.01. The van der Waals surface area contributed by atoms with Crippen molar-refractivity contribution in [2.24, 2.45) is 11.5 Å². The summed E-state index contributed by atoms with van der Waals surface area (Å²) in [6.45, 7) is 4.60. The van der Waals surface area contributed by atoms with E-state index in [4.69, 9.17) is 16.6 Å². The number of nitrogens with two attached hydrogens (primary N) is 2. The van der Waals surface area contributed by atoms with Gasteiger partial charge in [-0.25, -0.2) is 4.98 Å². The molecule has 3 aliphatic rings. The van der Waals surface area contributed by atoms with Gasteiger partial charge in [0.25, 0.3) is 5.91 Å². The van der Waals surface area contributed by atoms with Crippen LogP contribution in [-0.2, 0) is 11.3 Å². The van der Waals surface area contributed by atoms with E-state index in [1.54, 1.807) is 12.1 Å². The van der Waals surface area contributed by atoms with Crippen LogP contribution in [0.25, 0.3) is 11.1 Å². The zero-order chi connectivity index (χ0) is 29.4. The van der Waals surface area contributed by atoms with E-state index in [-0.39, 0.29) is 29.7 Å². The minimum absolute atomic E-state index is 0.0999. The molecule has 0 bridgehead atoms. The highest BCUT2D eigenvalue weighted by atomic mass is 16.2. The number of fused-ring (bicyclic) bond motifs is 3. The van der Waals surface area contributed by atoms with Crippen molar-refractivity contribution in [2.75, 3.05) is 30.4 Å². The topological polar surface area (TPSA) is 147 Å². The van der Waals surface area contributed by atoms with Crippen molar-refractivity contribution in [3.8, 4) is 11.1 Å². The Bertz CT molecular complexity index is 1570. The van der Waals surface area contributed by atoms with Crippen LogP contribution < -0.4 is 27.0 Å². The van der Waals surface area contributed by atoms with Crippen molar-refractivity contribution < 1.29 is 9.59 Å². The number of rotatable bonds is 10. The number of likely N-dealkylation sites (tertiary alicyclic amines) is 1. The second-order valence-corrected chi connectivity index (χ2v) is 11.2. The first-order valence-corrected chi connectivity index (χ1v) is 14.4. The van der Waals surface area contributed by atoms with E-state index in [0.717, 1.165) is 66.8 Å². The van der Waals surface area contributed by atoms with Gasteiger partial charge >= 0.3 is 0 Å². The highest BCUT2D eigenvalue weighted by Crippen LogP contribution is 2.49. The van der Waals surface area contributed by atoms with Gasteiger partial charge in [0.1, 0.15) is 11.4 Å². The lowest BCUT2D eigenvalue weighted by Gasteiger charge is -2.43. The molecule has 2 aromatic heterocycles. The lowest BCUT2D eigenvalue weighted by Crippen LogP contribution is -2.48. The first-order valence-electron chi connectivity index (χ1n) is 14.4. The van der Waals surface area contributed by atoms with Crippen LogP contribution in [-0.4, -0.2) is 58.0 Å². The van der Waals surface area contributed by atoms with Gasteiger partial charge in [-0.1, -0.05) is 25.1 Å². The zero-order valence-electron chi connectivity index (χ0n) is 24.0. The van der Waals surface area contributed by atoms with Gasteiger partial charge in [0.05, 0.1) is 46.7 Å². The molecule has 1 aliphatic carbocycles. The number of nitrogens with one attached hydrogen (secondary N) is 2. The van der Waals surface area contributed by atoms with Gasteiger partial charge in [-0.2, -0.15) is 5.10 Å². The van der Waals surface area contributed by atoms with E-state index in [2.05, 4.69) is 50.1 Å². The molecule has 1 saturated heterocycles. The van der Waals surface area contributed by atoms with Gasteiger partial charge in [0.2, 0.25) is 0 Å². The summed E-state index contributed by atoms with van der Waals surface area (Å²) < 4.78 is 2.19. The van der Waals surface area contributed by atoms with Crippen LogP contribution in [0.1, 0.15) is 60.1 Å². The zero-order valence-corrected chi connectivity index (χ0v) is 24.0. The number of benzene rings is 1. The molecule has 2 fully saturated rings. The molecule has 1 amide bonds. The molecule has 11 nitrogen and oxygen atoms in total. The quantitative estimate of drug-likeness (QED) is 0.165. The molecule has 0 radical (unpaired) electrons. The van der Waals surface area contributed by atoms with Gasteiger partial charge in [-0.3, -0.25) is 19.2 Å². The van der Waals surface area contributed by atoms with Gasteiger partial charge in [-0.15, -0.1) is 0 Å². The van der Waals surface area contributed by atoms with Gasteiger partial charge in [0.15, 0.2) is 6.29 Å². The van der Waals surface area contributed by atoms with Crippen LogP contribution >= 0.6 is 0 Å². The summed E-state index contributed by atoms with van der Waals surface area (Å²) >= 11 is 0. The normalized spacial score (nSPS) is 19.1. The lowest BCUT2D eigenvalue weighted by atomic mass is 9.91. The van der Waals surface area contributed by atoms with Crippen molar-refractivity contribution in [2.45, 2.75) is 50.9 Å². The Morgan fingerprint density at radius 2 is 1.93 bits per heavy atom. The molecular formula is C31H37N9O2. The molecule has 42 heavy (non-hydrogen) atoms. The molecular weight excluding hydrogens is 530 g/mol. The first kappa shape index (κ1) is 27.5. The summed E-state index contributed by atoms with van der Waals surface area (Å²) in [7, 11) is 2.10. The Morgan fingerprint density at radius 1 is 1.14 bits per heavy atom. The standard InChI is InChI=1S/C31H37N9O2/c1-3-27-30-24(14-34-40(30)22-16-39(17-22)15-20-6-4-7-21(18-41)35-20)23-8-5-9-26(29(23)38(27)2)37-25(12-13-32)28(33)31(42)36-19-10-11-19/h4-9,12-14,18-19,22,27,37H,3,10-11,15-17,32-33H2,1-2H3,(H,36,42)/b13-12?,28-25+. The molecule has 6 N–H and O–H groups in total. The lowest BCUT2D eigenvalue weighted by molar-refractivity contribution is -0.117. The van der Waals surface area contributed by atoms with Gasteiger partial charge in [-0.05, 0) is 49.7 Å². The number of aldehydes is 1. The Morgan fingerprint density at radius 3 is 2.64 bits per heavy atom. The van der Waals surface area contributed by atoms with Crippen molar-refractivity contribution >= 4 is 23.6 Å². The number of carbonyl (C=O) groups excluding carboxylic acids is 2. The minimum Gasteiger partial charge on any atom is -0.405 e. The maximum absolute atomic E-state index is 12.7. The average molecular weight is 568 g/mol. The van der Waals surface area contributed by atoms with Crippen molar-refractivity contribution in [1.82, 2.24) is 25.0 Å². The summed E-state index contributed by atoms with van der Waals surface area (Å²) in [5.41, 5.74) is 19.2. The smallest absolute Gasteiger partial charge is 0.269 e. The second-order valence-electron chi connectivity index (χ2n) is 11.2. The third-order valence-corrected chi connectivity index (χ3v) is 8.28. The largest absolute Gasteiger partial charge is 0.405 e. The number of amides is 1. The number of pyridine rings is 1. The van der Waals surface area contributed by atoms with Crippen LogP contribution in [0.4, 0.5) is 11.4 Å². The predicted octanol–water partition coefficient (Wildman–Crippen LogP) is 3.05. The monoisotopic (exact) mass is 567 g/mol. The fourth-order valence-corrected chi connectivity index (χ4v) is 6.01. The van der Waals surface area contributed by atoms with Crippen LogP contribution in [0.3, 0.4) is 0 Å². The van der Waals surface area contributed by atoms with Crippen LogP contribution in [0.5, 0.6) is 0 Å². The van der Waals surface area contributed by atoms with Crippen LogP contribution in [0, 0.1) is 0 Å². The molecule has 0 spiro atoms. The number of allylic oxidation sites excluding steroid dienone is 1. The Balaban J connectivity index is 1.27. The van der Waals surface area contributed by atoms with E-state index in [0.29, 0.717) is 17.9 Å². The van der Waals surface area contributed by atoms with E-state index in [1.807, 2.05) is 30.5 Å². The maximum Gasteiger partial charge on any atom is 0.269 e. The SMILES string of the molecule is CCC1c2c(cnn2C2CN(Cc3cccc(C=O)n3)C2)-c2cccc(N/C(C=CN)=C(/N)C(=O)NC3CC3)c2N1C. The Labute approximate surface area is 245 Å². The van der Waals surface area contributed by atoms with Crippen molar-refractivity contribution in [3.05, 3.63) is 83.3 Å². The predicted molar refractivity (Wildman–Crippen MR) is 162 cm³/mol. The van der Waals surface area contributed by atoms with E-state index in [9.17, 15) is 9.59 Å². The second kappa shape index (κ2) is 11.3. The molecule has 218 valence electrons. The Kier molecular flexibility index (Phi) is 7.42. The Hall–Kier alpha value is -4.64. The fraction of sp³-hybridized carbons (Fsp3) is 0.355. The number of carbonyl (C=O) groups is 2. The molecule has 6 rings (SSSR count). The molecule has 1 saturated carbocycles. The molecule has 4 heterocycles. The molecule has 1 unspecified atom stereocenters. The maximum atomic E-state index is 12.7. The summed E-state index contributed by atoms with van der Waals surface area (Å²) in [4.78, 5) is 32.9. The first-order chi connectivity index (χ1) is 20.4. The van der Waals surface area contributed by atoms with Gasteiger partial charge in [0, 0.05) is 43.9 Å². The summed E-state index contributed by atoms with van der Waals surface area (Å²) in [6, 6.07) is 12.2. The molecule has 2 aliphatic heterocycles. The number of nitrogens with zero attached hydrogens (tertiary/aromatic N) is 5. The number of hydrogen-bond donors (Lipinski definition) is 4. The minimum atomic E-state index is -0.298. The van der Waals surface area contributed by atoms with Crippen LogP contribution in [0.15, 0.2) is 66.3 Å². The van der Waals surface area contributed by atoms with Crippen LogP contribution in [0.2, 0.25) is 0 Å². The summed E-state index contributed by atoms with van der Waals surface area (Å²) in [5, 5.41) is 11.2. The van der Waals surface area contributed by atoms with Crippen molar-refractivity contribution in [1.29, 1.82) is 0 Å². The highest BCUT2D eigenvalue weighted by molar-refractivity contribution is 5.96. The van der Waals surface area contributed by atoms with Crippen molar-refractivity contribution in [3.63, 3.8) is 0 Å². The molecule has 3 aromatic rings. The van der Waals surface area contributed by atoms with E-state index >= 15 is 0 Å². The summed E-state index contributed by atoms with van der Waals surface area (Å²) in [6.07, 6.45) is 8.60. The third-order valence-electron chi connectivity index (χ3n) is 8.28. The van der Waals surface area contributed by atoms with E-state index in [1.165, 1.54) is 11.9 Å². The molecule has 11 heteroatoms. The van der Waals surface area contributed by atoms with E-state index < -0.39 is 0 Å².